The maximum absolute atomic E-state index is 12.0. The van der Waals surface area contributed by atoms with Gasteiger partial charge in [-0.3, -0.25) is 4.79 Å². The van der Waals surface area contributed by atoms with Gasteiger partial charge in [0.2, 0.25) is 0 Å². The van der Waals surface area contributed by atoms with E-state index in [-0.39, 0.29) is 5.78 Å². The van der Waals surface area contributed by atoms with Crippen molar-refractivity contribution in [3.8, 4) is 5.75 Å². The molecule has 0 bridgehead atoms. The second-order valence-corrected chi connectivity index (χ2v) is 3.78. The van der Waals surface area contributed by atoms with Crippen molar-refractivity contribution in [3.05, 3.63) is 29.3 Å². The molecule has 1 unspecified atom stereocenters. The quantitative estimate of drug-likeness (QED) is 0.835. The van der Waals surface area contributed by atoms with Gasteiger partial charge in [0.25, 0.3) is 0 Å². The van der Waals surface area contributed by atoms with Gasteiger partial charge < -0.3 is 14.8 Å². The molecular weight excluding hydrogens is 222 g/mol. The van der Waals surface area contributed by atoms with Crippen LogP contribution < -0.4 is 10.1 Å². The highest BCUT2D eigenvalue weighted by Crippen LogP contribution is 2.26. The molecule has 1 amide bonds. The highest BCUT2D eigenvalue weighted by molar-refractivity contribution is 6.06. The molecule has 0 aromatic heterocycles. The van der Waals surface area contributed by atoms with Crippen LogP contribution in [0.5, 0.6) is 5.75 Å². The second kappa shape index (κ2) is 4.45. The summed E-state index contributed by atoms with van der Waals surface area (Å²) in [6.07, 6.45) is -0.101. The van der Waals surface area contributed by atoms with Crippen molar-refractivity contribution in [2.75, 3.05) is 14.2 Å². The number of amides is 1. The summed E-state index contributed by atoms with van der Waals surface area (Å²) in [6.45, 7) is 0. The van der Waals surface area contributed by atoms with Crippen molar-refractivity contribution in [3.63, 3.8) is 0 Å². The van der Waals surface area contributed by atoms with E-state index >= 15 is 0 Å². The molecule has 0 saturated carbocycles. The maximum atomic E-state index is 12.0. The molecule has 5 nitrogen and oxygen atoms in total. The summed E-state index contributed by atoms with van der Waals surface area (Å²) >= 11 is 0. The number of benzene rings is 1. The Bertz CT molecular complexity index is 470. The zero-order chi connectivity index (χ0) is 12.4. The lowest BCUT2D eigenvalue weighted by Crippen LogP contribution is -2.38. The molecule has 0 spiro atoms. The predicted molar refractivity (Wildman–Crippen MR) is 60.4 cm³/mol. The van der Waals surface area contributed by atoms with Crippen molar-refractivity contribution in [2.45, 2.75) is 12.5 Å². The molecule has 2 rings (SSSR count). The first-order valence-corrected chi connectivity index (χ1v) is 5.21. The molecule has 5 heteroatoms. The molecule has 0 heterocycles. The van der Waals surface area contributed by atoms with Crippen LogP contribution in [0.1, 0.15) is 15.9 Å². The van der Waals surface area contributed by atoms with Crippen LogP contribution in [0.3, 0.4) is 0 Å². The topological polar surface area (TPSA) is 64.6 Å². The summed E-state index contributed by atoms with van der Waals surface area (Å²) in [6, 6.07) is 4.79. The number of alkyl carbamates (subject to hydrolysis) is 1. The predicted octanol–water partition coefficient (Wildman–Crippen LogP) is 1.16. The number of nitrogens with one attached hydrogen (secondary N) is 1. The second-order valence-electron chi connectivity index (χ2n) is 3.78. The summed E-state index contributed by atoms with van der Waals surface area (Å²) in [4.78, 5) is 23.1. The number of carbonyl (C=O) groups excluding carboxylic acids is 2. The molecule has 1 atom stereocenters. The van der Waals surface area contributed by atoms with E-state index in [4.69, 9.17) is 4.74 Å². The van der Waals surface area contributed by atoms with E-state index in [0.29, 0.717) is 17.7 Å². The third-order valence-electron chi connectivity index (χ3n) is 2.80. The third-order valence-corrected chi connectivity index (χ3v) is 2.80. The average Bonchev–Trinajstić information content (AvgIpc) is 2.66. The van der Waals surface area contributed by atoms with Gasteiger partial charge in [-0.1, -0.05) is 6.07 Å². The third kappa shape index (κ3) is 2.08. The summed E-state index contributed by atoms with van der Waals surface area (Å²) < 4.78 is 9.54. The molecule has 1 aromatic rings. The van der Waals surface area contributed by atoms with E-state index in [2.05, 4.69) is 10.1 Å². The van der Waals surface area contributed by atoms with Crippen molar-refractivity contribution < 1.29 is 19.1 Å². The zero-order valence-electron chi connectivity index (χ0n) is 9.65. The minimum absolute atomic E-state index is 0.107. The summed E-state index contributed by atoms with van der Waals surface area (Å²) in [7, 11) is 2.82. The number of hydrogen-bond acceptors (Lipinski definition) is 4. The van der Waals surface area contributed by atoms with Gasteiger partial charge in [-0.15, -0.1) is 0 Å². The molecule has 1 N–H and O–H groups in total. The fourth-order valence-electron chi connectivity index (χ4n) is 1.91. The van der Waals surface area contributed by atoms with Crippen LogP contribution in [0.15, 0.2) is 18.2 Å². The number of methoxy groups -OCH3 is 2. The molecule has 90 valence electrons. The van der Waals surface area contributed by atoms with Gasteiger partial charge in [0.15, 0.2) is 5.78 Å². The number of fused-ring (bicyclic) bond motifs is 1. The Labute approximate surface area is 98.7 Å². The molecule has 0 radical (unpaired) electrons. The number of rotatable bonds is 2. The van der Waals surface area contributed by atoms with Gasteiger partial charge in [0.1, 0.15) is 5.75 Å². The Kier molecular flexibility index (Phi) is 2.99. The Balaban J connectivity index is 2.21. The monoisotopic (exact) mass is 235 g/mol. The lowest BCUT2D eigenvalue weighted by molar-refractivity contribution is 0.0946. The zero-order valence-corrected chi connectivity index (χ0v) is 9.65. The smallest absolute Gasteiger partial charge is 0.407 e. The van der Waals surface area contributed by atoms with Gasteiger partial charge in [-0.2, -0.15) is 0 Å². The van der Waals surface area contributed by atoms with Crippen LogP contribution >= 0.6 is 0 Å². The standard InChI is InChI=1S/C12H13NO4/c1-16-8-4-3-7-5-10(13-12(15)17-2)11(14)9(7)6-8/h3-4,6,10H,5H2,1-2H3,(H,13,15). The van der Waals surface area contributed by atoms with Crippen LogP contribution in [0.4, 0.5) is 4.79 Å². The highest BCUT2D eigenvalue weighted by atomic mass is 16.5. The van der Waals surface area contributed by atoms with Crippen LogP contribution in [0, 0.1) is 0 Å². The van der Waals surface area contributed by atoms with Gasteiger partial charge >= 0.3 is 6.09 Å². The first kappa shape index (κ1) is 11.4. The van der Waals surface area contributed by atoms with Gasteiger partial charge in [0, 0.05) is 12.0 Å². The van der Waals surface area contributed by atoms with E-state index in [1.54, 1.807) is 19.2 Å². The van der Waals surface area contributed by atoms with Crippen LogP contribution in [0.2, 0.25) is 0 Å². The molecule has 1 aromatic carbocycles. The first-order valence-electron chi connectivity index (χ1n) is 5.21. The van der Waals surface area contributed by atoms with E-state index < -0.39 is 12.1 Å². The average molecular weight is 235 g/mol. The lowest BCUT2D eigenvalue weighted by Gasteiger charge is -2.08. The van der Waals surface area contributed by atoms with E-state index in [1.807, 2.05) is 6.07 Å². The Morgan fingerprint density at radius 3 is 2.82 bits per heavy atom. The van der Waals surface area contributed by atoms with Gasteiger partial charge in [-0.05, 0) is 17.7 Å². The van der Waals surface area contributed by atoms with Gasteiger partial charge in [-0.25, -0.2) is 4.79 Å². The lowest BCUT2D eigenvalue weighted by atomic mass is 10.1. The minimum atomic E-state index is -0.594. The number of Topliss-reactive ketones (excluding diaryl/α,β-unsaturated/α-hetero) is 1. The number of carbonyl (C=O) groups is 2. The van der Waals surface area contributed by atoms with Crippen LogP contribution in [-0.4, -0.2) is 32.1 Å². The molecule has 0 aliphatic heterocycles. The fourth-order valence-corrected chi connectivity index (χ4v) is 1.91. The number of hydrogen-bond donors (Lipinski definition) is 1. The highest BCUT2D eigenvalue weighted by Gasteiger charge is 2.32. The number of ether oxygens (including phenoxy) is 2. The largest absolute Gasteiger partial charge is 0.497 e. The molecule has 0 saturated heterocycles. The van der Waals surface area contributed by atoms with E-state index in [1.165, 1.54) is 7.11 Å². The van der Waals surface area contributed by atoms with Crippen LogP contribution in [-0.2, 0) is 11.2 Å². The molecule has 17 heavy (non-hydrogen) atoms. The fraction of sp³-hybridized carbons (Fsp3) is 0.333. The maximum Gasteiger partial charge on any atom is 0.407 e. The van der Waals surface area contributed by atoms with Crippen molar-refractivity contribution >= 4 is 11.9 Å². The molecule has 1 aliphatic rings. The van der Waals surface area contributed by atoms with E-state index in [0.717, 1.165) is 5.56 Å². The first-order chi connectivity index (χ1) is 8.15. The Morgan fingerprint density at radius 2 is 2.18 bits per heavy atom. The van der Waals surface area contributed by atoms with Gasteiger partial charge in [0.05, 0.1) is 20.3 Å². The Hall–Kier alpha value is -2.04. The minimum Gasteiger partial charge on any atom is -0.497 e. The Morgan fingerprint density at radius 1 is 1.41 bits per heavy atom. The normalized spacial score (nSPS) is 17.5. The van der Waals surface area contributed by atoms with E-state index in [9.17, 15) is 9.59 Å². The summed E-state index contributed by atoms with van der Waals surface area (Å²) in [5.74, 6) is 0.528. The SMILES string of the molecule is COC(=O)NC1Cc2ccc(OC)cc2C1=O. The summed E-state index contributed by atoms with van der Waals surface area (Å²) in [5.41, 5.74) is 1.52. The van der Waals surface area contributed by atoms with Crippen molar-refractivity contribution in [1.82, 2.24) is 5.32 Å². The number of ketones is 1. The summed E-state index contributed by atoms with van der Waals surface area (Å²) in [5, 5.41) is 2.51. The molecule has 0 fully saturated rings. The van der Waals surface area contributed by atoms with Crippen molar-refractivity contribution in [1.29, 1.82) is 0 Å². The van der Waals surface area contributed by atoms with Crippen molar-refractivity contribution in [2.24, 2.45) is 0 Å². The van der Waals surface area contributed by atoms with Crippen LogP contribution in [0.25, 0.3) is 0 Å². The molecular formula is C12H13NO4. The molecule has 1 aliphatic carbocycles.